The number of rotatable bonds is 6. The van der Waals surface area contributed by atoms with E-state index in [1.807, 2.05) is 55.5 Å². The van der Waals surface area contributed by atoms with Crippen LogP contribution in [0.3, 0.4) is 0 Å². The van der Waals surface area contributed by atoms with Gasteiger partial charge in [0.05, 0.1) is 21.7 Å². The summed E-state index contributed by atoms with van der Waals surface area (Å²) in [7, 11) is -4.00. The molecule has 0 spiro atoms. The summed E-state index contributed by atoms with van der Waals surface area (Å²) in [4.78, 5) is 26.3. The molecule has 2 aromatic heterocycles. The van der Waals surface area contributed by atoms with Gasteiger partial charge in [0.1, 0.15) is 0 Å². The Hall–Kier alpha value is -4.63. The maximum Gasteiger partial charge on any atom is 0.256 e. The van der Waals surface area contributed by atoms with Crippen molar-refractivity contribution in [2.75, 3.05) is 5.32 Å². The van der Waals surface area contributed by atoms with E-state index in [-0.39, 0.29) is 16.6 Å². The van der Waals surface area contributed by atoms with Gasteiger partial charge in [-0.2, -0.15) is 0 Å². The minimum atomic E-state index is -4.00. The molecule has 190 valence electrons. The molecule has 0 saturated carbocycles. The van der Waals surface area contributed by atoms with Crippen LogP contribution in [0, 0.1) is 20.8 Å². The lowest BCUT2D eigenvalue weighted by molar-refractivity contribution is 0.102. The number of fused-ring (bicyclic) bond motifs is 1. The molecule has 0 bridgehead atoms. The molecule has 9 heteroatoms. The van der Waals surface area contributed by atoms with Gasteiger partial charge in [-0.05, 0) is 75.1 Å². The molecule has 1 N–H and O–H groups in total. The van der Waals surface area contributed by atoms with Crippen molar-refractivity contribution in [2.24, 2.45) is 0 Å². The van der Waals surface area contributed by atoms with Gasteiger partial charge in [0.15, 0.2) is 0 Å². The number of aromatic nitrogens is 3. The molecule has 2 heterocycles. The van der Waals surface area contributed by atoms with Crippen molar-refractivity contribution in [3.8, 4) is 11.3 Å². The minimum Gasteiger partial charge on any atom is -0.423 e. The number of para-hydroxylation sites is 1. The molecule has 0 atom stereocenters. The first-order chi connectivity index (χ1) is 18.2. The number of hydrogen-bond acceptors (Lipinski definition) is 6. The van der Waals surface area contributed by atoms with Gasteiger partial charge in [-0.15, -0.1) is 0 Å². The van der Waals surface area contributed by atoms with Crippen molar-refractivity contribution in [1.29, 1.82) is 0 Å². The van der Waals surface area contributed by atoms with Gasteiger partial charge in [-0.1, -0.05) is 42.0 Å². The van der Waals surface area contributed by atoms with Crippen molar-refractivity contribution in [3.63, 3.8) is 0 Å². The zero-order valence-electron chi connectivity index (χ0n) is 21.0. The zero-order valence-corrected chi connectivity index (χ0v) is 21.8. The second-order valence-corrected chi connectivity index (χ2v) is 10.5. The zero-order chi connectivity index (χ0) is 26.9. The molecular formula is C29H24N5O3S-. The molecule has 1 amide bonds. The summed E-state index contributed by atoms with van der Waals surface area (Å²) in [5.41, 5.74) is 4.94. The summed E-state index contributed by atoms with van der Waals surface area (Å²) in [5, 5.41) is 3.59. The number of hydrogen-bond donors (Lipinski definition) is 1. The quantitative estimate of drug-likeness (QED) is 0.281. The maximum absolute atomic E-state index is 13.4. The average molecular weight is 523 g/mol. The Labute approximate surface area is 220 Å². The molecule has 0 radical (unpaired) electrons. The Morgan fingerprint density at radius 3 is 2.32 bits per heavy atom. The molecule has 5 rings (SSSR count). The summed E-state index contributed by atoms with van der Waals surface area (Å²) in [5.74, 6) is 0.178. The Balaban J connectivity index is 1.41. The molecule has 5 aromatic rings. The second kappa shape index (κ2) is 10.0. The van der Waals surface area contributed by atoms with E-state index in [1.165, 1.54) is 30.3 Å². The van der Waals surface area contributed by atoms with E-state index >= 15 is 0 Å². The van der Waals surface area contributed by atoms with Crippen LogP contribution in [0.15, 0.2) is 89.8 Å². The number of sulfonamides is 1. The van der Waals surface area contributed by atoms with E-state index in [0.717, 1.165) is 16.5 Å². The average Bonchev–Trinajstić information content (AvgIpc) is 2.87. The van der Waals surface area contributed by atoms with Gasteiger partial charge < -0.3 is 15.0 Å². The molecule has 3 aromatic carbocycles. The van der Waals surface area contributed by atoms with Crippen LogP contribution in [0.2, 0.25) is 0 Å². The van der Waals surface area contributed by atoms with Gasteiger partial charge >= 0.3 is 0 Å². The third-order valence-electron chi connectivity index (χ3n) is 5.85. The lowest BCUT2D eigenvalue weighted by Crippen LogP contribution is -2.13. The van der Waals surface area contributed by atoms with Gasteiger partial charge in [-0.3, -0.25) is 9.78 Å². The molecule has 8 nitrogen and oxygen atoms in total. The lowest BCUT2D eigenvalue weighted by atomic mass is 10.0. The first-order valence-electron chi connectivity index (χ1n) is 11.9. The predicted octanol–water partition coefficient (Wildman–Crippen LogP) is 6.26. The number of aryl methyl sites for hydroxylation is 3. The predicted molar refractivity (Wildman–Crippen MR) is 148 cm³/mol. The van der Waals surface area contributed by atoms with E-state index in [9.17, 15) is 13.2 Å². The Kier molecular flexibility index (Phi) is 6.61. The van der Waals surface area contributed by atoms with E-state index < -0.39 is 10.0 Å². The first kappa shape index (κ1) is 25.0. The fourth-order valence-corrected chi connectivity index (χ4v) is 5.07. The fraction of sp³-hybridized carbons (Fsp3) is 0.103. The second-order valence-electron chi connectivity index (χ2n) is 8.90. The van der Waals surface area contributed by atoms with Crippen molar-refractivity contribution >= 4 is 38.3 Å². The summed E-state index contributed by atoms with van der Waals surface area (Å²) in [6.07, 6.45) is 0. The highest BCUT2D eigenvalue weighted by Crippen LogP contribution is 2.29. The van der Waals surface area contributed by atoms with E-state index in [1.54, 1.807) is 19.9 Å². The van der Waals surface area contributed by atoms with Gasteiger partial charge in [-0.25, -0.2) is 13.4 Å². The highest BCUT2D eigenvalue weighted by atomic mass is 32.2. The largest absolute Gasteiger partial charge is 0.423 e. The van der Waals surface area contributed by atoms with Crippen molar-refractivity contribution < 1.29 is 13.2 Å². The Morgan fingerprint density at radius 2 is 1.58 bits per heavy atom. The molecule has 38 heavy (non-hydrogen) atoms. The Morgan fingerprint density at radius 1 is 0.816 bits per heavy atom. The molecule has 0 aliphatic rings. The standard InChI is InChI=1S/C29H25N5O3S/c1-18-7-6-8-21(15-18)27-17-25(24-9-4-5-10-26(24)33-27)29(35)32-22-11-13-23(14-12-22)38(36,37)34-28-16-19(2)30-20(3)31-28/h4-17H,1-3H3,(H2,30,31,32,34,35)/p-1. The SMILES string of the molecule is Cc1cccc(-c2cc(C(=O)Nc3ccc(S(=O)(=O)[N-]c4cc(C)nc(C)n4)cc3)c3ccccc3n2)c1. The molecule has 0 saturated heterocycles. The molecule has 0 unspecified atom stereocenters. The number of amides is 1. The van der Waals surface area contributed by atoms with Crippen LogP contribution in [0.1, 0.15) is 27.4 Å². The maximum atomic E-state index is 13.4. The molecule has 0 aliphatic carbocycles. The van der Waals surface area contributed by atoms with Crippen LogP contribution in [0.25, 0.3) is 26.9 Å². The van der Waals surface area contributed by atoms with Crippen molar-refractivity contribution in [2.45, 2.75) is 25.7 Å². The number of carbonyl (C=O) groups excluding carboxylic acids is 1. The van der Waals surface area contributed by atoms with Crippen LogP contribution in [0.4, 0.5) is 11.5 Å². The topological polar surface area (TPSA) is 116 Å². The summed E-state index contributed by atoms with van der Waals surface area (Å²) < 4.78 is 29.4. The Bertz CT molecular complexity index is 1760. The number of benzene rings is 3. The first-order valence-corrected chi connectivity index (χ1v) is 13.3. The fourth-order valence-electron chi connectivity index (χ4n) is 4.14. The molecular weight excluding hydrogens is 498 g/mol. The number of carbonyl (C=O) groups is 1. The van der Waals surface area contributed by atoms with Crippen LogP contribution in [-0.4, -0.2) is 29.3 Å². The monoisotopic (exact) mass is 522 g/mol. The van der Waals surface area contributed by atoms with E-state index in [4.69, 9.17) is 4.98 Å². The minimum absolute atomic E-state index is 0.0134. The highest BCUT2D eigenvalue weighted by Gasteiger charge is 2.16. The van der Waals surface area contributed by atoms with Crippen LogP contribution < -0.4 is 5.32 Å². The highest BCUT2D eigenvalue weighted by molar-refractivity contribution is 7.94. The summed E-state index contributed by atoms with van der Waals surface area (Å²) in [6.45, 7) is 5.42. The number of nitrogens with zero attached hydrogens (tertiary/aromatic N) is 4. The van der Waals surface area contributed by atoms with Crippen LogP contribution in [0.5, 0.6) is 0 Å². The normalized spacial score (nSPS) is 11.3. The van der Waals surface area contributed by atoms with Gasteiger partial charge in [0, 0.05) is 28.2 Å². The number of nitrogens with one attached hydrogen (secondary N) is 1. The number of pyridine rings is 1. The smallest absolute Gasteiger partial charge is 0.256 e. The number of anilines is 1. The van der Waals surface area contributed by atoms with Crippen molar-refractivity contribution in [3.05, 3.63) is 112 Å². The molecule has 0 fully saturated rings. The van der Waals surface area contributed by atoms with Gasteiger partial charge in [0.25, 0.3) is 5.91 Å². The van der Waals surface area contributed by atoms with Crippen LogP contribution in [-0.2, 0) is 10.0 Å². The van der Waals surface area contributed by atoms with E-state index in [0.29, 0.717) is 34.0 Å². The summed E-state index contributed by atoms with van der Waals surface area (Å²) >= 11 is 0. The van der Waals surface area contributed by atoms with E-state index in [2.05, 4.69) is 20.0 Å². The third-order valence-corrected chi connectivity index (χ3v) is 7.15. The molecule has 0 aliphatic heterocycles. The third kappa shape index (κ3) is 5.37. The van der Waals surface area contributed by atoms with Crippen LogP contribution >= 0.6 is 0 Å². The van der Waals surface area contributed by atoms with Gasteiger partial charge in [0.2, 0.25) is 10.0 Å². The summed E-state index contributed by atoms with van der Waals surface area (Å²) in [6, 6.07) is 24.5. The lowest BCUT2D eigenvalue weighted by Gasteiger charge is -2.17. The van der Waals surface area contributed by atoms with Crippen molar-refractivity contribution in [1.82, 2.24) is 15.0 Å².